The molecule has 0 aromatic rings. The standard InChI is InChI=1S/C55H105NO5/c1-3-5-7-9-11-13-15-17-18-21-24-27-31-35-39-43-47-53(58)52(51-57)56-54(59)48-44-40-36-32-28-25-22-19-20-23-26-30-34-38-42-46-50-61-55(60)49-45-41-37-33-29-16-14-12-10-8-6-4-2/h12,14,19,22,52-53,57-58H,3-11,13,15-18,20-21,23-51H2,1-2H3,(H,56,59)/b14-12-,22-19-. The Hall–Kier alpha value is -1.66. The van der Waals surface area contributed by atoms with Gasteiger partial charge in [-0.2, -0.15) is 0 Å². The van der Waals surface area contributed by atoms with Crippen LogP contribution in [0.3, 0.4) is 0 Å². The molecule has 0 fully saturated rings. The molecule has 0 aromatic carbocycles. The molecule has 0 spiro atoms. The van der Waals surface area contributed by atoms with Crippen molar-refractivity contribution in [3.63, 3.8) is 0 Å². The van der Waals surface area contributed by atoms with Crippen molar-refractivity contribution in [2.75, 3.05) is 13.2 Å². The van der Waals surface area contributed by atoms with Gasteiger partial charge in [-0.25, -0.2) is 0 Å². The van der Waals surface area contributed by atoms with E-state index in [2.05, 4.69) is 43.5 Å². The number of hydrogen-bond acceptors (Lipinski definition) is 5. The van der Waals surface area contributed by atoms with Gasteiger partial charge in [0, 0.05) is 12.8 Å². The molecule has 2 unspecified atom stereocenters. The van der Waals surface area contributed by atoms with Gasteiger partial charge in [0.1, 0.15) is 0 Å². The van der Waals surface area contributed by atoms with E-state index in [0.717, 1.165) is 64.2 Å². The van der Waals surface area contributed by atoms with Crippen molar-refractivity contribution in [1.29, 1.82) is 0 Å². The zero-order valence-electron chi connectivity index (χ0n) is 40.9. The van der Waals surface area contributed by atoms with Gasteiger partial charge in [0.05, 0.1) is 25.4 Å². The summed E-state index contributed by atoms with van der Waals surface area (Å²) in [7, 11) is 0. The molecule has 0 aromatic heterocycles. The predicted molar refractivity (Wildman–Crippen MR) is 264 cm³/mol. The maximum atomic E-state index is 12.5. The van der Waals surface area contributed by atoms with Crippen LogP contribution in [0.1, 0.15) is 290 Å². The van der Waals surface area contributed by atoms with Gasteiger partial charge in [0.2, 0.25) is 5.91 Å². The SMILES string of the molecule is CCCCC/C=C\CCCCCCCC(=O)OCCCCCCCCC/C=C\CCCCCCCC(=O)NC(CO)C(O)CCCCCCCCCCCCCCCCCC. The smallest absolute Gasteiger partial charge is 0.305 e. The summed E-state index contributed by atoms with van der Waals surface area (Å²) in [6.45, 7) is 4.91. The van der Waals surface area contributed by atoms with Crippen LogP contribution < -0.4 is 5.32 Å². The highest BCUT2D eigenvalue weighted by atomic mass is 16.5. The molecule has 0 rings (SSSR count). The molecule has 0 aliphatic rings. The average Bonchev–Trinajstić information content (AvgIpc) is 3.26. The molecular formula is C55H105NO5. The average molecular weight is 860 g/mol. The molecule has 61 heavy (non-hydrogen) atoms. The Labute approximate surface area is 380 Å². The monoisotopic (exact) mass is 860 g/mol. The molecule has 0 aliphatic heterocycles. The van der Waals surface area contributed by atoms with E-state index in [1.807, 2.05) is 0 Å². The summed E-state index contributed by atoms with van der Waals surface area (Å²) in [6.07, 6.45) is 60.1. The molecule has 360 valence electrons. The lowest BCUT2D eigenvalue weighted by molar-refractivity contribution is -0.143. The van der Waals surface area contributed by atoms with Crippen molar-refractivity contribution in [2.24, 2.45) is 0 Å². The fourth-order valence-electron chi connectivity index (χ4n) is 8.28. The largest absolute Gasteiger partial charge is 0.466 e. The molecule has 2 atom stereocenters. The second-order valence-electron chi connectivity index (χ2n) is 18.6. The van der Waals surface area contributed by atoms with Crippen LogP contribution in [-0.2, 0) is 14.3 Å². The first-order valence-corrected chi connectivity index (χ1v) is 27.1. The number of amides is 1. The van der Waals surface area contributed by atoms with E-state index in [1.54, 1.807) is 0 Å². The number of rotatable bonds is 50. The molecule has 0 aliphatic carbocycles. The molecule has 0 bridgehead atoms. The van der Waals surface area contributed by atoms with Gasteiger partial charge < -0.3 is 20.3 Å². The van der Waals surface area contributed by atoms with Crippen LogP contribution in [0, 0.1) is 0 Å². The highest BCUT2D eigenvalue weighted by Gasteiger charge is 2.20. The lowest BCUT2D eigenvalue weighted by Crippen LogP contribution is -2.45. The quantitative estimate of drug-likeness (QED) is 0.0322. The van der Waals surface area contributed by atoms with E-state index in [1.165, 1.54) is 193 Å². The highest BCUT2D eigenvalue weighted by molar-refractivity contribution is 5.76. The summed E-state index contributed by atoms with van der Waals surface area (Å²) < 4.78 is 5.45. The van der Waals surface area contributed by atoms with Crippen LogP contribution in [0.15, 0.2) is 24.3 Å². The van der Waals surface area contributed by atoms with E-state index in [9.17, 15) is 19.8 Å². The van der Waals surface area contributed by atoms with Crippen molar-refractivity contribution in [3.05, 3.63) is 24.3 Å². The summed E-state index contributed by atoms with van der Waals surface area (Å²) >= 11 is 0. The number of aliphatic hydroxyl groups is 2. The minimum absolute atomic E-state index is 0.0129. The Kier molecular flexibility index (Phi) is 49.6. The third-order valence-electron chi connectivity index (χ3n) is 12.5. The van der Waals surface area contributed by atoms with Crippen LogP contribution in [0.4, 0.5) is 0 Å². The Morgan fingerprint density at radius 3 is 1.20 bits per heavy atom. The van der Waals surface area contributed by atoms with Crippen molar-refractivity contribution in [2.45, 2.75) is 302 Å². The zero-order chi connectivity index (χ0) is 44.4. The predicted octanol–water partition coefficient (Wildman–Crippen LogP) is 16.3. The number of allylic oxidation sites excluding steroid dienone is 4. The van der Waals surface area contributed by atoms with E-state index in [4.69, 9.17) is 4.74 Å². The molecule has 0 heterocycles. The Bertz CT molecular complexity index is 951. The van der Waals surface area contributed by atoms with Gasteiger partial charge in [0.15, 0.2) is 0 Å². The second-order valence-corrected chi connectivity index (χ2v) is 18.6. The fraction of sp³-hybridized carbons (Fsp3) is 0.891. The number of carbonyl (C=O) groups is 2. The van der Waals surface area contributed by atoms with Crippen molar-refractivity contribution in [3.8, 4) is 0 Å². The van der Waals surface area contributed by atoms with Crippen molar-refractivity contribution >= 4 is 11.9 Å². The van der Waals surface area contributed by atoms with Gasteiger partial charge in [-0.3, -0.25) is 9.59 Å². The van der Waals surface area contributed by atoms with E-state index < -0.39 is 12.1 Å². The van der Waals surface area contributed by atoms with Crippen LogP contribution in [-0.4, -0.2) is 47.4 Å². The molecule has 0 radical (unpaired) electrons. The van der Waals surface area contributed by atoms with E-state index >= 15 is 0 Å². The third kappa shape index (κ3) is 47.7. The first-order chi connectivity index (χ1) is 30.0. The Morgan fingerprint density at radius 1 is 0.443 bits per heavy atom. The minimum atomic E-state index is -0.674. The number of hydrogen-bond donors (Lipinski definition) is 3. The van der Waals surface area contributed by atoms with Gasteiger partial charge in [-0.1, -0.05) is 224 Å². The molecule has 6 nitrogen and oxygen atoms in total. The van der Waals surface area contributed by atoms with Gasteiger partial charge >= 0.3 is 5.97 Å². The normalized spacial score (nSPS) is 12.8. The number of carbonyl (C=O) groups excluding carboxylic acids is 2. The van der Waals surface area contributed by atoms with Crippen LogP contribution in [0.2, 0.25) is 0 Å². The van der Waals surface area contributed by atoms with Crippen LogP contribution >= 0.6 is 0 Å². The van der Waals surface area contributed by atoms with E-state index in [-0.39, 0.29) is 18.5 Å². The number of nitrogens with one attached hydrogen (secondary N) is 1. The Balaban J connectivity index is 3.48. The lowest BCUT2D eigenvalue weighted by Gasteiger charge is -2.22. The number of unbranched alkanes of at least 4 members (excludes halogenated alkanes) is 35. The number of aliphatic hydroxyl groups excluding tert-OH is 2. The summed E-state index contributed by atoms with van der Waals surface area (Å²) in [5.41, 5.74) is 0. The second kappa shape index (κ2) is 51.0. The van der Waals surface area contributed by atoms with Crippen LogP contribution in [0.5, 0.6) is 0 Å². The third-order valence-corrected chi connectivity index (χ3v) is 12.5. The number of esters is 1. The molecule has 1 amide bonds. The molecule has 6 heteroatoms. The van der Waals surface area contributed by atoms with E-state index in [0.29, 0.717) is 25.9 Å². The van der Waals surface area contributed by atoms with Gasteiger partial charge in [0.25, 0.3) is 0 Å². The Morgan fingerprint density at radius 2 is 0.770 bits per heavy atom. The first-order valence-electron chi connectivity index (χ1n) is 27.1. The summed E-state index contributed by atoms with van der Waals surface area (Å²) in [4.78, 5) is 24.4. The minimum Gasteiger partial charge on any atom is -0.466 e. The summed E-state index contributed by atoms with van der Waals surface area (Å²) in [5, 5.41) is 23.2. The molecular weight excluding hydrogens is 755 g/mol. The molecule has 0 saturated carbocycles. The molecule has 3 N–H and O–H groups in total. The highest BCUT2D eigenvalue weighted by Crippen LogP contribution is 2.16. The van der Waals surface area contributed by atoms with Gasteiger partial charge in [-0.05, 0) is 77.0 Å². The van der Waals surface area contributed by atoms with Crippen molar-refractivity contribution in [1.82, 2.24) is 5.32 Å². The first kappa shape index (κ1) is 59.3. The summed E-state index contributed by atoms with van der Waals surface area (Å²) in [6, 6.07) is -0.553. The topological polar surface area (TPSA) is 95.9 Å². The lowest BCUT2D eigenvalue weighted by atomic mass is 10.0. The molecule has 0 saturated heterocycles. The van der Waals surface area contributed by atoms with Crippen molar-refractivity contribution < 1.29 is 24.5 Å². The fourth-order valence-corrected chi connectivity index (χ4v) is 8.28. The van der Waals surface area contributed by atoms with Crippen LogP contribution in [0.25, 0.3) is 0 Å². The summed E-state index contributed by atoms with van der Waals surface area (Å²) in [5.74, 6) is -0.0642. The zero-order valence-corrected chi connectivity index (χ0v) is 40.9. The maximum absolute atomic E-state index is 12.5. The van der Waals surface area contributed by atoms with Gasteiger partial charge in [-0.15, -0.1) is 0 Å². The maximum Gasteiger partial charge on any atom is 0.305 e. The number of ether oxygens (including phenoxy) is 1.